The highest BCUT2D eigenvalue weighted by atomic mass is 28.4. The molecule has 0 aromatic rings. The molecule has 0 aliphatic heterocycles. The summed E-state index contributed by atoms with van der Waals surface area (Å²) in [6.45, 7) is 2.24. The molecule has 0 saturated carbocycles. The lowest BCUT2D eigenvalue weighted by Crippen LogP contribution is -2.43. The Morgan fingerprint density at radius 1 is 0.933 bits per heavy atom. The summed E-state index contributed by atoms with van der Waals surface area (Å²) in [4.78, 5) is 2.08. The second kappa shape index (κ2) is 8.20. The third-order valence-corrected chi connectivity index (χ3v) is 4.85. The minimum atomic E-state index is -2.43. The molecule has 0 aliphatic carbocycles. The second-order valence-corrected chi connectivity index (χ2v) is 6.55. The Morgan fingerprint density at radius 3 is 1.87 bits per heavy atom. The number of hydrogen-bond donors (Lipinski definition) is 0. The van der Waals surface area contributed by atoms with Crippen molar-refractivity contribution in [1.29, 1.82) is 0 Å². The van der Waals surface area contributed by atoms with E-state index in [-0.39, 0.29) is 0 Å². The summed E-state index contributed by atoms with van der Waals surface area (Å²) in [5.74, 6) is 0. The predicted molar refractivity (Wildman–Crippen MR) is 61.0 cm³/mol. The Balaban J connectivity index is 3.63. The van der Waals surface area contributed by atoms with Gasteiger partial charge in [0, 0.05) is 33.9 Å². The van der Waals surface area contributed by atoms with Crippen LogP contribution in [-0.4, -0.2) is 68.9 Å². The Hall–Kier alpha value is 0.0169. The maximum absolute atomic E-state index is 5.46. The van der Waals surface area contributed by atoms with Gasteiger partial charge in [0.15, 0.2) is 0 Å². The smallest absolute Gasteiger partial charge is 0.380 e. The van der Waals surface area contributed by atoms with Crippen LogP contribution in [-0.2, 0) is 18.0 Å². The molecule has 5 nitrogen and oxygen atoms in total. The molecule has 0 aromatic carbocycles. The molecule has 0 radical (unpaired) electrons. The summed E-state index contributed by atoms with van der Waals surface area (Å²) in [6.07, 6.45) is 0. The molecule has 0 spiro atoms. The molecule has 0 fully saturated rings. The van der Waals surface area contributed by atoms with Crippen LogP contribution in [0.5, 0.6) is 0 Å². The first-order valence-corrected chi connectivity index (χ1v) is 6.91. The Labute approximate surface area is 93.6 Å². The first-order chi connectivity index (χ1) is 7.10. The van der Waals surface area contributed by atoms with Crippen LogP contribution in [0.1, 0.15) is 0 Å². The van der Waals surface area contributed by atoms with E-state index in [0.717, 1.165) is 6.54 Å². The summed E-state index contributed by atoms with van der Waals surface area (Å²) in [7, 11) is 6.43. The third-order valence-electron chi connectivity index (χ3n) is 2.17. The van der Waals surface area contributed by atoms with Gasteiger partial charge in [-0.3, -0.25) is 0 Å². The van der Waals surface area contributed by atoms with Gasteiger partial charge in [-0.15, -0.1) is 0 Å². The lowest BCUT2D eigenvalue weighted by atomic mass is 10.6. The van der Waals surface area contributed by atoms with Gasteiger partial charge in [0.05, 0.1) is 13.2 Å². The summed E-state index contributed by atoms with van der Waals surface area (Å²) in [6, 6.07) is 0.684. The van der Waals surface area contributed by atoms with Crippen molar-refractivity contribution in [2.75, 3.05) is 55.2 Å². The second-order valence-electron chi connectivity index (χ2n) is 3.46. The molecule has 0 heterocycles. The average Bonchev–Trinajstić information content (AvgIpc) is 2.24. The molecule has 0 N–H and O–H groups in total. The molecule has 6 heteroatoms. The van der Waals surface area contributed by atoms with Crippen molar-refractivity contribution in [3.63, 3.8) is 0 Å². The Morgan fingerprint density at radius 2 is 1.47 bits per heavy atom. The van der Waals surface area contributed by atoms with Crippen molar-refractivity contribution in [2.45, 2.75) is 6.04 Å². The van der Waals surface area contributed by atoms with Crippen molar-refractivity contribution >= 4 is 8.80 Å². The molecule has 0 amide bonds. The van der Waals surface area contributed by atoms with Gasteiger partial charge in [-0.25, -0.2) is 0 Å². The zero-order valence-corrected chi connectivity index (χ0v) is 11.4. The van der Waals surface area contributed by atoms with Crippen LogP contribution in [0.15, 0.2) is 0 Å². The zero-order chi connectivity index (χ0) is 11.7. The first-order valence-electron chi connectivity index (χ1n) is 4.98. The largest absolute Gasteiger partial charge is 0.502 e. The van der Waals surface area contributed by atoms with Gasteiger partial charge in [0.2, 0.25) is 0 Å². The highest BCUT2D eigenvalue weighted by Crippen LogP contribution is 2.11. The fourth-order valence-corrected chi connectivity index (χ4v) is 2.61. The molecule has 0 saturated heterocycles. The highest BCUT2D eigenvalue weighted by Gasteiger charge is 2.37. The van der Waals surface area contributed by atoms with Gasteiger partial charge in [0.25, 0.3) is 0 Å². The molecule has 15 heavy (non-hydrogen) atoms. The monoisotopic (exact) mass is 237 g/mol. The Kier molecular flexibility index (Phi) is 8.21. The molecular weight excluding hydrogens is 214 g/mol. The van der Waals surface area contributed by atoms with Crippen molar-refractivity contribution < 1.29 is 18.0 Å². The van der Waals surface area contributed by atoms with Gasteiger partial charge in [0.1, 0.15) is 0 Å². The fraction of sp³-hybridized carbons (Fsp3) is 1.00. The number of rotatable bonds is 9. The van der Waals surface area contributed by atoms with Gasteiger partial charge in [-0.05, 0) is 14.1 Å². The molecule has 0 unspecified atom stereocenters. The van der Waals surface area contributed by atoms with Gasteiger partial charge >= 0.3 is 8.80 Å². The van der Waals surface area contributed by atoms with E-state index in [1.807, 2.05) is 14.1 Å². The minimum absolute atomic E-state index is 0.607. The summed E-state index contributed by atoms with van der Waals surface area (Å²) >= 11 is 0. The Bertz CT molecular complexity index is 145. The first kappa shape index (κ1) is 15.0. The molecular formula is C9H23NO4Si. The number of hydrogen-bond acceptors (Lipinski definition) is 5. The van der Waals surface area contributed by atoms with E-state index in [1.54, 1.807) is 21.3 Å². The topological polar surface area (TPSA) is 40.2 Å². The predicted octanol–water partition coefficient (Wildman–Crippen LogP) is 0.443. The van der Waals surface area contributed by atoms with E-state index in [0.29, 0.717) is 19.3 Å². The number of ether oxygens (including phenoxy) is 1. The van der Waals surface area contributed by atoms with Gasteiger partial charge in [-0.1, -0.05) is 0 Å². The quantitative estimate of drug-likeness (QED) is 0.430. The lowest BCUT2D eigenvalue weighted by Gasteiger charge is -2.24. The molecule has 92 valence electrons. The van der Waals surface area contributed by atoms with E-state index in [1.165, 1.54) is 0 Å². The van der Waals surface area contributed by atoms with Crippen molar-refractivity contribution in [3.8, 4) is 0 Å². The van der Waals surface area contributed by atoms with Crippen LogP contribution in [0, 0.1) is 0 Å². The van der Waals surface area contributed by atoms with E-state index in [9.17, 15) is 0 Å². The maximum atomic E-state index is 5.46. The van der Waals surface area contributed by atoms with Gasteiger partial charge in [-0.2, -0.15) is 0 Å². The standard InChI is InChI=1S/C9H23NO4Si/c1-10(2)6-7-14-8-9-15(11-3,12-4)13-5/h6-9H2,1-5H3. The van der Waals surface area contributed by atoms with Crippen molar-refractivity contribution in [3.05, 3.63) is 0 Å². The van der Waals surface area contributed by atoms with Gasteiger partial charge < -0.3 is 22.9 Å². The molecule has 0 atom stereocenters. The maximum Gasteiger partial charge on any atom is 0.502 e. The normalized spacial score (nSPS) is 12.4. The van der Waals surface area contributed by atoms with Crippen LogP contribution in [0.3, 0.4) is 0 Å². The van der Waals surface area contributed by atoms with Crippen LogP contribution >= 0.6 is 0 Å². The highest BCUT2D eigenvalue weighted by molar-refractivity contribution is 6.60. The minimum Gasteiger partial charge on any atom is -0.380 e. The van der Waals surface area contributed by atoms with Crippen LogP contribution in [0.2, 0.25) is 6.04 Å². The summed E-state index contributed by atoms with van der Waals surface area (Å²) in [5, 5.41) is 0. The van der Waals surface area contributed by atoms with Crippen LogP contribution in [0.25, 0.3) is 0 Å². The summed E-state index contributed by atoms with van der Waals surface area (Å²) in [5.41, 5.74) is 0. The van der Waals surface area contributed by atoms with E-state index in [2.05, 4.69) is 4.90 Å². The third kappa shape index (κ3) is 6.24. The summed E-state index contributed by atoms with van der Waals surface area (Å²) < 4.78 is 21.3. The molecule has 0 aromatic heterocycles. The zero-order valence-electron chi connectivity index (χ0n) is 10.4. The van der Waals surface area contributed by atoms with E-state index >= 15 is 0 Å². The molecule has 0 rings (SSSR count). The fourth-order valence-electron chi connectivity index (χ4n) is 1.10. The van der Waals surface area contributed by atoms with Crippen LogP contribution < -0.4 is 0 Å². The number of likely N-dealkylation sites (N-methyl/N-ethyl adjacent to an activating group) is 1. The molecule has 0 aliphatic rings. The van der Waals surface area contributed by atoms with E-state index < -0.39 is 8.80 Å². The van der Waals surface area contributed by atoms with Crippen molar-refractivity contribution in [1.82, 2.24) is 4.90 Å². The van der Waals surface area contributed by atoms with Crippen LogP contribution in [0.4, 0.5) is 0 Å². The number of nitrogens with zero attached hydrogens (tertiary/aromatic N) is 1. The van der Waals surface area contributed by atoms with E-state index in [4.69, 9.17) is 18.0 Å². The lowest BCUT2D eigenvalue weighted by molar-refractivity contribution is 0.0898. The molecule has 0 bridgehead atoms. The van der Waals surface area contributed by atoms with Crippen molar-refractivity contribution in [2.24, 2.45) is 0 Å². The average molecular weight is 237 g/mol. The SMILES string of the molecule is CO[Si](CCOCCN(C)C)(OC)OC.